The lowest BCUT2D eigenvalue weighted by molar-refractivity contribution is 0.307. The maximum Gasteiger partial charge on any atom is 0.120 e. The molecule has 0 amide bonds. The van der Waals surface area contributed by atoms with Gasteiger partial charge in [-0.2, -0.15) is 0 Å². The highest BCUT2D eigenvalue weighted by molar-refractivity contribution is 7.81. The minimum atomic E-state index is -1.94. The molecule has 0 N–H and O–H groups in total. The summed E-state index contributed by atoms with van der Waals surface area (Å²) in [5.41, 5.74) is 2.36. The van der Waals surface area contributed by atoms with Crippen molar-refractivity contribution < 1.29 is 9.26 Å². The van der Waals surface area contributed by atoms with Crippen LogP contribution in [0.15, 0.2) is 78.6 Å². The largest absolute Gasteiger partial charge is 0.497 e. The fourth-order valence-electron chi connectivity index (χ4n) is 2.88. The van der Waals surface area contributed by atoms with Crippen molar-refractivity contribution in [3.8, 4) is 0 Å². The zero-order valence-electron chi connectivity index (χ0n) is 13.7. The van der Waals surface area contributed by atoms with Gasteiger partial charge in [0.05, 0.1) is 7.11 Å². The topological polar surface area (TPSA) is 18.5 Å². The van der Waals surface area contributed by atoms with E-state index in [1.807, 2.05) is 12.1 Å². The first-order chi connectivity index (χ1) is 11.2. The zero-order valence-corrected chi connectivity index (χ0v) is 14.6. The molecule has 118 valence electrons. The number of ether oxygens (including phenoxy) is 1. The van der Waals surface area contributed by atoms with Crippen molar-refractivity contribution in [3.63, 3.8) is 0 Å². The van der Waals surface area contributed by atoms with Crippen molar-refractivity contribution >= 4 is 17.7 Å². The molecule has 23 heavy (non-hydrogen) atoms. The minimum absolute atomic E-state index is 0.859. The van der Waals surface area contributed by atoms with Crippen LogP contribution in [-0.2, 0) is 9.26 Å². The van der Waals surface area contributed by atoms with Gasteiger partial charge in [-0.05, 0) is 29.9 Å². The van der Waals surface area contributed by atoms with E-state index in [0.717, 1.165) is 5.76 Å². The third-order valence-corrected chi connectivity index (χ3v) is 7.56. The fraction of sp³-hybridized carbons (Fsp3) is 0.150. The Kier molecular flexibility index (Phi) is 4.56. The van der Waals surface area contributed by atoms with Gasteiger partial charge < -0.3 is 9.26 Å². The number of hydrogen-bond donors (Lipinski definition) is 0. The van der Waals surface area contributed by atoms with Crippen LogP contribution in [0, 0.1) is 0 Å². The van der Waals surface area contributed by atoms with E-state index in [-0.39, 0.29) is 0 Å². The summed E-state index contributed by atoms with van der Waals surface area (Å²) < 4.78 is 11.7. The fourth-order valence-corrected chi connectivity index (χ4v) is 5.56. The lowest BCUT2D eigenvalue weighted by Gasteiger charge is -2.30. The molecule has 2 aromatic carbocycles. The third kappa shape index (κ3) is 2.93. The van der Waals surface area contributed by atoms with E-state index in [0.29, 0.717) is 0 Å². The molecule has 2 nitrogen and oxygen atoms in total. The average Bonchev–Trinajstić information content (AvgIpc) is 2.63. The van der Waals surface area contributed by atoms with Gasteiger partial charge in [-0.15, -0.1) is 0 Å². The molecule has 0 saturated carbocycles. The van der Waals surface area contributed by atoms with E-state index in [4.69, 9.17) is 9.26 Å². The Morgan fingerprint density at radius 2 is 1.30 bits per heavy atom. The Morgan fingerprint density at radius 1 is 0.739 bits per heavy atom. The zero-order chi connectivity index (χ0) is 16.3. The van der Waals surface area contributed by atoms with Gasteiger partial charge in [-0.1, -0.05) is 60.7 Å². The predicted molar refractivity (Wildman–Crippen MR) is 99.9 cm³/mol. The Hall–Kier alpha value is -2.02. The van der Waals surface area contributed by atoms with Gasteiger partial charge in [-0.25, -0.2) is 0 Å². The van der Waals surface area contributed by atoms with Crippen molar-refractivity contribution in [3.05, 3.63) is 89.7 Å². The molecule has 1 aliphatic heterocycles. The average molecular weight is 324 g/mol. The summed E-state index contributed by atoms with van der Waals surface area (Å²) in [6, 6.07) is 20.8. The van der Waals surface area contributed by atoms with E-state index >= 15 is 0 Å². The summed E-state index contributed by atoms with van der Waals surface area (Å²) in [4.78, 5) is 0. The summed E-state index contributed by atoms with van der Waals surface area (Å²) in [6.45, 7) is 2.22. The van der Waals surface area contributed by atoms with E-state index in [2.05, 4.69) is 67.3 Å². The third-order valence-electron chi connectivity index (χ3n) is 4.22. The SMILES string of the molecule is COC1=CC(c2ccccc2)=P(C)(OC)C(c2ccccc2)=C1. The number of hydrogen-bond acceptors (Lipinski definition) is 2. The minimum Gasteiger partial charge on any atom is -0.497 e. The molecule has 3 heteroatoms. The van der Waals surface area contributed by atoms with Crippen LogP contribution in [0.3, 0.4) is 0 Å². The lowest BCUT2D eigenvalue weighted by atomic mass is 10.1. The molecule has 0 aliphatic carbocycles. The van der Waals surface area contributed by atoms with Crippen molar-refractivity contribution in [2.45, 2.75) is 0 Å². The quantitative estimate of drug-likeness (QED) is 0.737. The van der Waals surface area contributed by atoms with Gasteiger partial charge in [0.25, 0.3) is 0 Å². The molecule has 1 aliphatic rings. The lowest BCUT2D eigenvalue weighted by Crippen LogP contribution is -2.09. The molecule has 0 spiro atoms. The summed E-state index contributed by atoms with van der Waals surface area (Å²) in [7, 11) is 1.58. The molecule has 0 bridgehead atoms. The Bertz CT molecular complexity index is 802. The maximum absolute atomic E-state index is 6.11. The van der Waals surface area contributed by atoms with Crippen LogP contribution in [0.2, 0.25) is 0 Å². The number of benzene rings is 2. The molecule has 0 fully saturated rings. The van der Waals surface area contributed by atoms with Crippen molar-refractivity contribution in [2.24, 2.45) is 0 Å². The number of allylic oxidation sites excluding steroid dienone is 2. The van der Waals surface area contributed by atoms with Gasteiger partial charge in [0.15, 0.2) is 0 Å². The van der Waals surface area contributed by atoms with Gasteiger partial charge in [-0.3, -0.25) is 0 Å². The first-order valence-electron chi connectivity index (χ1n) is 7.57. The standard InChI is InChI=1S/C20H21O2P/c1-21-18-14-19(16-10-6-4-7-11-16)23(3,22-2)20(15-18)17-12-8-5-9-13-17/h4-15H,1-3H3. The van der Waals surface area contributed by atoms with Gasteiger partial charge in [0.1, 0.15) is 5.76 Å². The summed E-state index contributed by atoms with van der Waals surface area (Å²) >= 11 is 0. The van der Waals surface area contributed by atoms with Gasteiger partial charge in [0, 0.05) is 24.8 Å². The maximum atomic E-state index is 6.11. The summed E-state index contributed by atoms with van der Waals surface area (Å²) in [5.74, 6) is 0.859. The van der Waals surface area contributed by atoms with E-state index < -0.39 is 7.11 Å². The van der Waals surface area contributed by atoms with Crippen LogP contribution in [0.1, 0.15) is 11.1 Å². The molecule has 2 aromatic rings. The van der Waals surface area contributed by atoms with Crippen molar-refractivity contribution in [1.82, 2.24) is 0 Å². The van der Waals surface area contributed by atoms with Crippen LogP contribution in [0.5, 0.6) is 0 Å². The second kappa shape index (κ2) is 6.62. The first-order valence-corrected chi connectivity index (χ1v) is 9.73. The summed E-state index contributed by atoms with van der Waals surface area (Å²) in [5, 5.41) is 2.41. The smallest absolute Gasteiger partial charge is 0.120 e. The molecular formula is C20H21O2P. The first kappa shape index (κ1) is 15.9. The Labute approximate surface area is 138 Å². The normalized spacial score (nSPS) is 20.7. The molecule has 0 radical (unpaired) electrons. The number of methoxy groups -OCH3 is 1. The van der Waals surface area contributed by atoms with Gasteiger partial charge >= 0.3 is 0 Å². The van der Waals surface area contributed by atoms with Crippen molar-refractivity contribution in [2.75, 3.05) is 20.9 Å². The molecule has 3 rings (SSSR count). The highest BCUT2D eigenvalue weighted by Gasteiger charge is 2.27. The monoisotopic (exact) mass is 324 g/mol. The Balaban J connectivity index is 2.30. The van der Waals surface area contributed by atoms with Crippen LogP contribution < -0.4 is 0 Å². The van der Waals surface area contributed by atoms with Crippen LogP contribution >= 0.6 is 7.11 Å². The molecule has 1 heterocycles. The van der Waals surface area contributed by atoms with Crippen LogP contribution in [0.4, 0.5) is 0 Å². The molecule has 0 aromatic heterocycles. The summed E-state index contributed by atoms with van der Waals surface area (Å²) in [6.07, 6.45) is 4.22. The van der Waals surface area contributed by atoms with E-state index in [9.17, 15) is 0 Å². The van der Waals surface area contributed by atoms with Crippen LogP contribution in [0.25, 0.3) is 5.31 Å². The molecule has 1 unspecified atom stereocenters. The second-order valence-electron chi connectivity index (χ2n) is 5.50. The Morgan fingerprint density at radius 3 is 1.83 bits per heavy atom. The molecular weight excluding hydrogens is 303 g/mol. The number of rotatable bonds is 4. The molecule has 0 saturated heterocycles. The van der Waals surface area contributed by atoms with E-state index in [1.54, 1.807) is 14.2 Å². The second-order valence-corrected chi connectivity index (χ2v) is 8.68. The van der Waals surface area contributed by atoms with Crippen LogP contribution in [-0.4, -0.2) is 26.2 Å². The van der Waals surface area contributed by atoms with Gasteiger partial charge in [0.2, 0.25) is 0 Å². The predicted octanol–water partition coefficient (Wildman–Crippen LogP) is 5.00. The van der Waals surface area contributed by atoms with E-state index in [1.165, 1.54) is 21.7 Å². The van der Waals surface area contributed by atoms with Crippen molar-refractivity contribution in [1.29, 1.82) is 0 Å². The highest BCUT2D eigenvalue weighted by atomic mass is 31.2. The highest BCUT2D eigenvalue weighted by Crippen LogP contribution is 2.61. The molecule has 1 atom stereocenters.